The third-order valence-corrected chi connectivity index (χ3v) is 5.33. The van der Waals surface area contributed by atoms with Crippen LogP contribution in [0.25, 0.3) is 0 Å². The largest absolute Gasteiger partial charge is 0.296 e. The van der Waals surface area contributed by atoms with E-state index in [1.165, 1.54) is 70.9 Å². The molecule has 1 aliphatic carbocycles. The van der Waals surface area contributed by atoms with Crippen LogP contribution in [0.4, 0.5) is 0 Å². The van der Waals surface area contributed by atoms with Crippen molar-refractivity contribution in [2.75, 3.05) is 13.1 Å². The van der Waals surface area contributed by atoms with E-state index in [0.717, 1.165) is 5.92 Å². The topological polar surface area (TPSA) is 41.3 Å². The second-order valence-corrected chi connectivity index (χ2v) is 7.05. The average Bonchev–Trinajstić information content (AvgIpc) is 3.04. The van der Waals surface area contributed by atoms with Gasteiger partial charge in [-0.15, -0.1) is 0 Å². The van der Waals surface area contributed by atoms with E-state index in [-0.39, 0.29) is 0 Å². The Morgan fingerprint density at radius 1 is 1.05 bits per heavy atom. The molecule has 0 aromatic heterocycles. The van der Waals surface area contributed by atoms with Crippen LogP contribution in [0.15, 0.2) is 0 Å². The Morgan fingerprint density at radius 3 is 2.21 bits per heavy atom. The maximum Gasteiger partial charge on any atom is 0.0394 e. The summed E-state index contributed by atoms with van der Waals surface area (Å²) in [5, 5.41) is 0. The van der Waals surface area contributed by atoms with Crippen LogP contribution in [0.1, 0.15) is 71.6 Å². The molecule has 0 amide bonds. The third kappa shape index (κ3) is 3.50. The molecule has 0 aromatic rings. The molecule has 1 saturated heterocycles. The Bertz CT molecular complexity index is 253. The van der Waals surface area contributed by atoms with Gasteiger partial charge in [0.2, 0.25) is 0 Å². The first kappa shape index (κ1) is 15.3. The van der Waals surface area contributed by atoms with Gasteiger partial charge in [0.05, 0.1) is 0 Å². The lowest BCUT2D eigenvalue weighted by Crippen LogP contribution is -2.60. The Hall–Kier alpha value is -0.120. The van der Waals surface area contributed by atoms with Gasteiger partial charge < -0.3 is 0 Å². The molecule has 2 rings (SSSR count). The molecular weight excluding hydrogens is 234 g/mol. The van der Waals surface area contributed by atoms with Gasteiger partial charge in [-0.05, 0) is 51.1 Å². The van der Waals surface area contributed by atoms with E-state index in [1.54, 1.807) is 0 Å². The number of likely N-dealkylation sites (tertiary alicyclic amines) is 1. The maximum atomic E-state index is 5.95. The first-order valence-electron chi connectivity index (χ1n) is 8.40. The van der Waals surface area contributed by atoms with E-state index in [9.17, 15) is 0 Å². The number of hydrazine groups is 1. The van der Waals surface area contributed by atoms with Gasteiger partial charge in [0.25, 0.3) is 0 Å². The van der Waals surface area contributed by atoms with E-state index in [0.29, 0.717) is 11.6 Å². The standard InChI is InChI=1S/C16H33N3/c1-14(2)8-7-9-15(18-17)16(10-3-4-11-16)19-12-5-6-13-19/h14-15,18H,3-13,17H2,1-2H3. The molecule has 1 atom stereocenters. The van der Waals surface area contributed by atoms with Gasteiger partial charge in [0.15, 0.2) is 0 Å². The number of rotatable bonds is 7. The maximum absolute atomic E-state index is 5.95. The lowest BCUT2D eigenvalue weighted by atomic mass is 9.83. The second kappa shape index (κ2) is 7.05. The van der Waals surface area contributed by atoms with Crippen LogP contribution in [0.2, 0.25) is 0 Å². The monoisotopic (exact) mass is 267 g/mol. The van der Waals surface area contributed by atoms with Crippen LogP contribution < -0.4 is 11.3 Å². The Morgan fingerprint density at radius 2 is 1.68 bits per heavy atom. The van der Waals surface area contributed by atoms with E-state index in [4.69, 9.17) is 5.84 Å². The van der Waals surface area contributed by atoms with E-state index in [2.05, 4.69) is 24.2 Å². The minimum atomic E-state index is 0.377. The first-order valence-corrected chi connectivity index (χ1v) is 8.40. The molecule has 19 heavy (non-hydrogen) atoms. The summed E-state index contributed by atoms with van der Waals surface area (Å²) in [5.41, 5.74) is 3.57. The number of nitrogens with zero attached hydrogens (tertiary/aromatic N) is 1. The summed E-state index contributed by atoms with van der Waals surface area (Å²) in [6, 6.07) is 0.492. The van der Waals surface area contributed by atoms with Crippen LogP contribution in [0, 0.1) is 5.92 Å². The lowest BCUT2D eigenvalue weighted by molar-refractivity contribution is 0.0714. The van der Waals surface area contributed by atoms with Crippen molar-refractivity contribution in [1.29, 1.82) is 0 Å². The van der Waals surface area contributed by atoms with Gasteiger partial charge >= 0.3 is 0 Å². The smallest absolute Gasteiger partial charge is 0.0394 e. The summed E-state index contributed by atoms with van der Waals surface area (Å²) < 4.78 is 0. The highest BCUT2D eigenvalue weighted by molar-refractivity contribution is 5.04. The van der Waals surface area contributed by atoms with Crippen molar-refractivity contribution < 1.29 is 0 Å². The van der Waals surface area contributed by atoms with Gasteiger partial charge in [-0.3, -0.25) is 16.2 Å². The molecule has 2 aliphatic rings. The normalized spacial score (nSPS) is 25.3. The number of hydrogen-bond donors (Lipinski definition) is 2. The zero-order chi connectivity index (χ0) is 13.7. The fourth-order valence-corrected chi connectivity index (χ4v) is 4.27. The molecule has 1 aliphatic heterocycles. The molecule has 1 heterocycles. The first-order chi connectivity index (χ1) is 9.19. The molecule has 0 bridgehead atoms. The summed E-state index contributed by atoms with van der Waals surface area (Å²) in [6.45, 7) is 7.22. The molecule has 2 fully saturated rings. The van der Waals surface area contributed by atoms with Crippen LogP contribution in [-0.4, -0.2) is 29.6 Å². The van der Waals surface area contributed by atoms with Gasteiger partial charge in [-0.2, -0.15) is 0 Å². The number of hydrogen-bond acceptors (Lipinski definition) is 3. The lowest BCUT2D eigenvalue weighted by Gasteiger charge is -2.45. The molecule has 112 valence electrons. The van der Waals surface area contributed by atoms with Crippen molar-refractivity contribution in [2.24, 2.45) is 11.8 Å². The van der Waals surface area contributed by atoms with Crippen LogP contribution in [-0.2, 0) is 0 Å². The quantitative estimate of drug-likeness (QED) is 0.550. The Balaban J connectivity index is 1.98. The van der Waals surface area contributed by atoms with E-state index in [1.807, 2.05) is 0 Å². The van der Waals surface area contributed by atoms with Crippen molar-refractivity contribution >= 4 is 0 Å². The number of nitrogens with one attached hydrogen (secondary N) is 1. The fourth-order valence-electron chi connectivity index (χ4n) is 4.27. The summed E-state index contributed by atoms with van der Waals surface area (Å²) in [5.74, 6) is 6.76. The highest BCUT2D eigenvalue weighted by atomic mass is 15.3. The second-order valence-electron chi connectivity index (χ2n) is 7.05. The minimum Gasteiger partial charge on any atom is -0.296 e. The Kier molecular flexibility index (Phi) is 5.67. The Labute approximate surface area is 119 Å². The van der Waals surface area contributed by atoms with Crippen molar-refractivity contribution in [1.82, 2.24) is 10.3 Å². The van der Waals surface area contributed by atoms with Gasteiger partial charge in [-0.1, -0.05) is 39.5 Å². The predicted octanol–water partition coefficient (Wildman–Crippen LogP) is 3.05. The van der Waals surface area contributed by atoms with Crippen LogP contribution >= 0.6 is 0 Å². The zero-order valence-electron chi connectivity index (χ0n) is 13.0. The van der Waals surface area contributed by atoms with Gasteiger partial charge in [0.1, 0.15) is 0 Å². The van der Waals surface area contributed by atoms with Crippen molar-refractivity contribution in [3.05, 3.63) is 0 Å². The predicted molar refractivity (Wildman–Crippen MR) is 81.8 cm³/mol. The van der Waals surface area contributed by atoms with E-state index < -0.39 is 0 Å². The van der Waals surface area contributed by atoms with Crippen molar-refractivity contribution in [3.8, 4) is 0 Å². The number of nitrogens with two attached hydrogens (primary N) is 1. The molecule has 1 saturated carbocycles. The summed E-state index contributed by atoms with van der Waals surface area (Å²) >= 11 is 0. The van der Waals surface area contributed by atoms with Crippen LogP contribution in [0.3, 0.4) is 0 Å². The third-order valence-electron chi connectivity index (χ3n) is 5.33. The molecule has 3 nitrogen and oxygen atoms in total. The molecule has 0 radical (unpaired) electrons. The molecule has 0 aromatic carbocycles. The van der Waals surface area contributed by atoms with Gasteiger partial charge in [-0.25, -0.2) is 0 Å². The molecule has 0 spiro atoms. The van der Waals surface area contributed by atoms with E-state index >= 15 is 0 Å². The fraction of sp³-hybridized carbons (Fsp3) is 1.00. The molecule has 3 heteroatoms. The molecule has 1 unspecified atom stereocenters. The molecule has 3 N–H and O–H groups in total. The van der Waals surface area contributed by atoms with Gasteiger partial charge in [0, 0.05) is 11.6 Å². The summed E-state index contributed by atoms with van der Waals surface area (Å²) in [7, 11) is 0. The highest BCUT2D eigenvalue weighted by Crippen LogP contribution is 2.41. The zero-order valence-corrected chi connectivity index (χ0v) is 13.0. The van der Waals surface area contributed by atoms with Crippen LogP contribution in [0.5, 0.6) is 0 Å². The minimum absolute atomic E-state index is 0.377. The summed E-state index contributed by atoms with van der Waals surface area (Å²) in [6.07, 6.45) is 12.1. The average molecular weight is 267 g/mol. The highest BCUT2D eigenvalue weighted by Gasteiger charge is 2.45. The summed E-state index contributed by atoms with van der Waals surface area (Å²) in [4.78, 5) is 2.76. The van der Waals surface area contributed by atoms with Crippen molar-refractivity contribution in [2.45, 2.75) is 83.2 Å². The van der Waals surface area contributed by atoms with Crippen molar-refractivity contribution in [3.63, 3.8) is 0 Å². The molecular formula is C16H33N3. The SMILES string of the molecule is CC(C)CCCC(NN)C1(N2CCCC2)CCCC1.